The lowest BCUT2D eigenvalue weighted by atomic mass is 10.1. The summed E-state index contributed by atoms with van der Waals surface area (Å²) in [4.78, 5) is 16.3. The molecule has 0 saturated carbocycles. The van der Waals surface area contributed by atoms with Gasteiger partial charge in [0.2, 0.25) is 5.91 Å². The van der Waals surface area contributed by atoms with Gasteiger partial charge in [-0.2, -0.15) is 5.10 Å². The number of likely N-dealkylation sites (tertiary alicyclic amines) is 1. The third-order valence-electron chi connectivity index (χ3n) is 4.05. The summed E-state index contributed by atoms with van der Waals surface area (Å²) in [7, 11) is 1.95. The van der Waals surface area contributed by atoms with Gasteiger partial charge in [-0.15, -0.1) is 11.3 Å². The van der Waals surface area contributed by atoms with Gasteiger partial charge >= 0.3 is 0 Å². The van der Waals surface area contributed by atoms with Crippen molar-refractivity contribution in [2.75, 3.05) is 13.1 Å². The molecule has 2 aromatic rings. The molecule has 22 heavy (non-hydrogen) atoms. The van der Waals surface area contributed by atoms with E-state index < -0.39 is 0 Å². The Labute approximate surface area is 135 Å². The average Bonchev–Trinajstić information content (AvgIpc) is 3.13. The van der Waals surface area contributed by atoms with Crippen LogP contribution in [0.15, 0.2) is 24.3 Å². The largest absolute Gasteiger partial charge is 0.339 e. The molecule has 0 N–H and O–H groups in total. The zero-order valence-electron chi connectivity index (χ0n) is 13.1. The van der Waals surface area contributed by atoms with E-state index in [1.807, 2.05) is 35.7 Å². The minimum Gasteiger partial charge on any atom is -0.339 e. The molecule has 0 bridgehead atoms. The highest BCUT2D eigenvalue weighted by Crippen LogP contribution is 2.28. The van der Waals surface area contributed by atoms with Crippen molar-refractivity contribution in [3.05, 3.63) is 34.8 Å². The van der Waals surface area contributed by atoms with Gasteiger partial charge in [0.1, 0.15) is 5.69 Å². The summed E-state index contributed by atoms with van der Waals surface area (Å²) in [6, 6.07) is 6.19. The molecule has 3 rings (SSSR count). The SMILES string of the molecule is Cc1cc(-c2ccc(/C=C/C(=O)N3CCCCC3)s2)nn1C. The molecule has 116 valence electrons. The second-order valence-corrected chi connectivity index (χ2v) is 6.83. The second kappa shape index (κ2) is 6.48. The summed E-state index contributed by atoms with van der Waals surface area (Å²) in [5, 5.41) is 4.49. The van der Waals surface area contributed by atoms with E-state index in [0.717, 1.165) is 47.1 Å². The van der Waals surface area contributed by atoms with Gasteiger partial charge in [0.15, 0.2) is 0 Å². The molecule has 1 aliphatic heterocycles. The van der Waals surface area contributed by atoms with E-state index in [1.54, 1.807) is 17.4 Å². The number of hydrogen-bond acceptors (Lipinski definition) is 3. The number of rotatable bonds is 3. The number of piperidine rings is 1. The van der Waals surface area contributed by atoms with Crippen LogP contribution < -0.4 is 0 Å². The highest BCUT2D eigenvalue weighted by Gasteiger charge is 2.13. The van der Waals surface area contributed by atoms with Gasteiger partial charge in [-0.1, -0.05) is 0 Å². The first kappa shape index (κ1) is 15.0. The van der Waals surface area contributed by atoms with Gasteiger partial charge < -0.3 is 4.90 Å². The van der Waals surface area contributed by atoms with Crippen molar-refractivity contribution >= 4 is 23.3 Å². The molecule has 1 fully saturated rings. The first-order valence-corrected chi connectivity index (χ1v) is 8.53. The Morgan fingerprint density at radius 1 is 1.27 bits per heavy atom. The van der Waals surface area contributed by atoms with Crippen LogP contribution in [0.2, 0.25) is 0 Å². The Kier molecular flexibility index (Phi) is 4.43. The molecule has 5 heteroatoms. The quantitative estimate of drug-likeness (QED) is 0.813. The normalized spacial score (nSPS) is 15.6. The van der Waals surface area contributed by atoms with Crippen molar-refractivity contribution in [3.63, 3.8) is 0 Å². The standard InChI is InChI=1S/C17H21N3OS/c1-13-12-15(18-19(13)2)16-8-6-14(22-16)7-9-17(21)20-10-4-3-5-11-20/h6-9,12H,3-5,10-11H2,1-2H3/b9-7+. The molecule has 0 aromatic carbocycles. The van der Waals surface area contributed by atoms with E-state index in [4.69, 9.17) is 0 Å². The molecule has 4 nitrogen and oxygen atoms in total. The third kappa shape index (κ3) is 3.30. The average molecular weight is 315 g/mol. The first-order valence-electron chi connectivity index (χ1n) is 7.71. The van der Waals surface area contributed by atoms with E-state index in [2.05, 4.69) is 17.2 Å². The third-order valence-corrected chi connectivity index (χ3v) is 5.12. The maximum Gasteiger partial charge on any atom is 0.246 e. The van der Waals surface area contributed by atoms with Crippen LogP contribution >= 0.6 is 11.3 Å². The molecule has 2 aromatic heterocycles. The molecule has 1 aliphatic rings. The number of hydrogen-bond donors (Lipinski definition) is 0. The van der Waals surface area contributed by atoms with Gasteiger partial charge in [0.25, 0.3) is 0 Å². The molecule has 0 atom stereocenters. The fourth-order valence-corrected chi connectivity index (χ4v) is 3.50. The number of aromatic nitrogens is 2. The number of carbonyl (C=O) groups is 1. The minimum absolute atomic E-state index is 0.128. The van der Waals surface area contributed by atoms with Crippen molar-refractivity contribution in [2.45, 2.75) is 26.2 Å². The fourth-order valence-electron chi connectivity index (χ4n) is 2.63. The summed E-state index contributed by atoms with van der Waals surface area (Å²) in [5.41, 5.74) is 2.13. The van der Waals surface area contributed by atoms with Crippen LogP contribution in [-0.4, -0.2) is 33.7 Å². The smallest absolute Gasteiger partial charge is 0.246 e. The minimum atomic E-state index is 0.128. The van der Waals surface area contributed by atoms with Crippen LogP contribution in [0.5, 0.6) is 0 Å². The number of nitrogens with zero attached hydrogens (tertiary/aromatic N) is 3. The van der Waals surface area contributed by atoms with Gasteiger partial charge in [0.05, 0.1) is 4.88 Å². The van der Waals surface area contributed by atoms with Gasteiger partial charge in [-0.05, 0) is 50.5 Å². The molecular formula is C17H21N3OS. The van der Waals surface area contributed by atoms with E-state index in [-0.39, 0.29) is 5.91 Å². The monoisotopic (exact) mass is 315 g/mol. The van der Waals surface area contributed by atoms with Crippen LogP contribution in [0.4, 0.5) is 0 Å². The lowest BCUT2D eigenvalue weighted by Crippen LogP contribution is -2.34. The second-order valence-electron chi connectivity index (χ2n) is 5.72. The van der Waals surface area contributed by atoms with Gasteiger partial charge in [-0.25, -0.2) is 0 Å². The highest BCUT2D eigenvalue weighted by atomic mass is 32.1. The van der Waals surface area contributed by atoms with E-state index in [1.165, 1.54) is 6.42 Å². The molecule has 0 spiro atoms. The van der Waals surface area contributed by atoms with Gasteiger partial charge in [0, 0.05) is 36.8 Å². The Morgan fingerprint density at radius 2 is 2.05 bits per heavy atom. The number of carbonyl (C=O) groups excluding carboxylic acids is 1. The summed E-state index contributed by atoms with van der Waals surface area (Å²) in [5.74, 6) is 0.128. The zero-order valence-corrected chi connectivity index (χ0v) is 13.9. The highest BCUT2D eigenvalue weighted by molar-refractivity contribution is 7.16. The topological polar surface area (TPSA) is 38.1 Å². The number of aryl methyl sites for hydroxylation is 2. The van der Waals surface area contributed by atoms with E-state index >= 15 is 0 Å². The van der Waals surface area contributed by atoms with Crippen LogP contribution in [0.3, 0.4) is 0 Å². The van der Waals surface area contributed by atoms with Crippen molar-refractivity contribution in [2.24, 2.45) is 7.05 Å². The molecule has 1 amide bonds. The predicted molar refractivity (Wildman–Crippen MR) is 90.7 cm³/mol. The predicted octanol–water partition coefficient (Wildman–Crippen LogP) is 3.48. The summed E-state index contributed by atoms with van der Waals surface area (Å²) < 4.78 is 1.88. The van der Waals surface area contributed by atoms with Crippen molar-refractivity contribution < 1.29 is 4.79 Å². The lowest BCUT2D eigenvalue weighted by molar-refractivity contribution is -0.126. The number of thiophene rings is 1. The van der Waals surface area contributed by atoms with Crippen LogP contribution in [0.1, 0.15) is 29.8 Å². The Morgan fingerprint density at radius 3 is 2.73 bits per heavy atom. The Bertz CT molecular complexity index is 673. The first-order chi connectivity index (χ1) is 10.6. The molecule has 3 heterocycles. The fraction of sp³-hybridized carbons (Fsp3) is 0.412. The summed E-state index contributed by atoms with van der Waals surface area (Å²) in [6.45, 7) is 3.83. The maximum atomic E-state index is 12.1. The van der Waals surface area contributed by atoms with Crippen LogP contribution in [0, 0.1) is 6.92 Å². The molecule has 0 radical (unpaired) electrons. The zero-order chi connectivity index (χ0) is 15.5. The van der Waals surface area contributed by atoms with Crippen LogP contribution in [0.25, 0.3) is 16.6 Å². The lowest BCUT2D eigenvalue weighted by Gasteiger charge is -2.25. The molecule has 0 unspecified atom stereocenters. The molecular weight excluding hydrogens is 294 g/mol. The maximum absolute atomic E-state index is 12.1. The van der Waals surface area contributed by atoms with E-state index in [0.29, 0.717) is 0 Å². The summed E-state index contributed by atoms with van der Waals surface area (Å²) in [6.07, 6.45) is 7.11. The molecule has 0 aliphatic carbocycles. The van der Waals surface area contributed by atoms with Crippen LogP contribution in [-0.2, 0) is 11.8 Å². The number of amides is 1. The Balaban J connectivity index is 1.68. The van der Waals surface area contributed by atoms with Crippen molar-refractivity contribution in [3.8, 4) is 10.6 Å². The Hall–Kier alpha value is -1.88. The van der Waals surface area contributed by atoms with Crippen molar-refractivity contribution in [1.29, 1.82) is 0 Å². The van der Waals surface area contributed by atoms with E-state index in [9.17, 15) is 4.79 Å². The molecule has 1 saturated heterocycles. The van der Waals surface area contributed by atoms with Crippen molar-refractivity contribution in [1.82, 2.24) is 14.7 Å². The van der Waals surface area contributed by atoms with Gasteiger partial charge in [-0.3, -0.25) is 9.48 Å². The summed E-state index contributed by atoms with van der Waals surface area (Å²) >= 11 is 1.66.